The number of carbonyl (C=O) groups excluding carboxylic acids is 4. The van der Waals surface area contributed by atoms with Crippen molar-refractivity contribution in [3.63, 3.8) is 0 Å². The first-order chi connectivity index (χ1) is 19.9. The van der Waals surface area contributed by atoms with Crippen molar-refractivity contribution in [1.82, 2.24) is 0 Å². The minimum Gasteiger partial charge on any atom is -0.311 e. The van der Waals surface area contributed by atoms with Crippen LogP contribution >= 0.6 is 45.2 Å². The minimum atomic E-state index is -0.287. The third-order valence-electron chi connectivity index (χ3n) is 7.21. The number of rotatable bonds is 0. The van der Waals surface area contributed by atoms with Gasteiger partial charge in [-0.15, -0.1) is 0 Å². The molecule has 8 nitrogen and oxygen atoms in total. The molecule has 1 heterocycles. The number of nitrogens with zero attached hydrogens (tertiary/aromatic N) is 4. The molecule has 0 aliphatic carbocycles. The molecule has 0 fully saturated rings. The van der Waals surface area contributed by atoms with Gasteiger partial charge in [-0.1, -0.05) is 12.1 Å². The fraction of sp³-hybridized carbons (Fsp3) is 0.125. The van der Waals surface area contributed by atoms with Gasteiger partial charge in [0, 0.05) is 80.3 Å². The summed E-state index contributed by atoms with van der Waals surface area (Å²) < 4.78 is 1.56. The zero-order valence-corrected chi connectivity index (χ0v) is 27.6. The van der Waals surface area contributed by atoms with Crippen molar-refractivity contribution in [2.24, 2.45) is 0 Å². The number of hydrogen-bond acceptors (Lipinski definition) is 4. The summed E-state index contributed by atoms with van der Waals surface area (Å²) in [6, 6.07) is 24.2. The Bertz CT molecular complexity index is 1640. The summed E-state index contributed by atoms with van der Waals surface area (Å²) in [4.78, 5) is 60.4. The molecule has 0 unspecified atom stereocenters. The van der Waals surface area contributed by atoms with Gasteiger partial charge < -0.3 is 19.6 Å². The highest BCUT2D eigenvalue weighted by Crippen LogP contribution is 2.28. The van der Waals surface area contributed by atoms with Gasteiger partial charge in [-0.25, -0.2) is 0 Å². The molecular weight excluding hydrogens is 758 g/mol. The Morgan fingerprint density at radius 2 is 0.714 bits per heavy atom. The number of amides is 4. The molecule has 5 rings (SSSR count). The molecule has 0 saturated heterocycles. The number of benzene rings is 4. The molecule has 8 bridgehead atoms. The molecule has 0 aromatic heterocycles. The first-order valence-electron chi connectivity index (χ1n) is 12.9. The van der Waals surface area contributed by atoms with Crippen LogP contribution < -0.4 is 19.6 Å². The average Bonchev–Trinajstić information content (AvgIpc) is 3.00. The second-order valence-electron chi connectivity index (χ2n) is 9.95. The predicted octanol–water partition coefficient (Wildman–Crippen LogP) is 6.32. The van der Waals surface area contributed by atoms with E-state index in [0.29, 0.717) is 45.0 Å². The first kappa shape index (κ1) is 29.7. The number of fused-ring (bicyclic) bond motifs is 8. The lowest BCUT2D eigenvalue weighted by Gasteiger charge is -2.24. The molecule has 4 aromatic carbocycles. The number of anilines is 4. The average molecular weight is 784 g/mol. The quantitative estimate of drug-likeness (QED) is 0.196. The summed E-state index contributed by atoms with van der Waals surface area (Å²) in [6.07, 6.45) is 0. The van der Waals surface area contributed by atoms with Crippen molar-refractivity contribution in [1.29, 1.82) is 0 Å². The molecule has 10 heteroatoms. The first-order valence-corrected chi connectivity index (χ1v) is 15.0. The van der Waals surface area contributed by atoms with E-state index in [1.165, 1.54) is 19.6 Å². The van der Waals surface area contributed by atoms with Crippen LogP contribution in [-0.4, -0.2) is 51.8 Å². The maximum atomic E-state index is 13.6. The second-order valence-corrected chi connectivity index (χ2v) is 12.4. The van der Waals surface area contributed by atoms with Crippen LogP contribution in [-0.2, 0) is 0 Å². The van der Waals surface area contributed by atoms with Crippen LogP contribution in [0, 0.1) is 7.14 Å². The Kier molecular flexibility index (Phi) is 8.37. The normalized spacial score (nSPS) is 14.4. The van der Waals surface area contributed by atoms with Crippen LogP contribution in [0.2, 0.25) is 0 Å². The van der Waals surface area contributed by atoms with Gasteiger partial charge >= 0.3 is 0 Å². The van der Waals surface area contributed by atoms with Crippen molar-refractivity contribution in [3.05, 3.63) is 114 Å². The molecule has 0 saturated carbocycles. The van der Waals surface area contributed by atoms with Gasteiger partial charge in [-0.05, 0) is 118 Å². The molecular formula is C32H26I2N4O4. The Labute approximate surface area is 271 Å². The maximum Gasteiger partial charge on any atom is 0.258 e. The number of carbonyl (C=O) groups is 4. The highest BCUT2D eigenvalue weighted by atomic mass is 127. The van der Waals surface area contributed by atoms with Gasteiger partial charge in [0.15, 0.2) is 0 Å². The van der Waals surface area contributed by atoms with Crippen molar-refractivity contribution in [2.45, 2.75) is 0 Å². The summed E-state index contributed by atoms with van der Waals surface area (Å²) in [5.41, 5.74) is 3.73. The Hall–Kier alpha value is -3.78. The molecule has 1 aliphatic heterocycles. The molecule has 0 N–H and O–H groups in total. The van der Waals surface area contributed by atoms with Crippen LogP contribution in [0.25, 0.3) is 0 Å². The topological polar surface area (TPSA) is 81.2 Å². The summed E-state index contributed by atoms with van der Waals surface area (Å²) in [5.74, 6) is -1.14. The van der Waals surface area contributed by atoms with Crippen LogP contribution in [0.3, 0.4) is 0 Å². The summed E-state index contributed by atoms with van der Waals surface area (Å²) in [7, 11) is 6.60. The van der Waals surface area contributed by atoms with E-state index in [9.17, 15) is 19.2 Å². The Morgan fingerprint density at radius 3 is 1.10 bits per heavy atom. The van der Waals surface area contributed by atoms with E-state index >= 15 is 0 Å². The van der Waals surface area contributed by atoms with E-state index < -0.39 is 0 Å². The van der Waals surface area contributed by atoms with E-state index in [4.69, 9.17) is 0 Å². The SMILES string of the molecule is CN1C(=O)c2cc(I)cc(c2)N(C)C(=O)c2cccc(c2)N(C)C(=O)c2cc(I)cc(c2)N(C)C(=O)c2cccc1c2. The highest BCUT2D eigenvalue weighted by molar-refractivity contribution is 14.1. The highest BCUT2D eigenvalue weighted by Gasteiger charge is 2.23. The lowest BCUT2D eigenvalue weighted by molar-refractivity contribution is 0.0979. The molecule has 212 valence electrons. The van der Waals surface area contributed by atoms with Crippen LogP contribution in [0.5, 0.6) is 0 Å². The van der Waals surface area contributed by atoms with Gasteiger partial charge in [0.05, 0.1) is 0 Å². The van der Waals surface area contributed by atoms with Gasteiger partial charge in [0.1, 0.15) is 0 Å². The molecule has 4 aromatic rings. The fourth-order valence-corrected chi connectivity index (χ4v) is 6.03. The molecule has 0 atom stereocenters. The Balaban J connectivity index is 1.68. The lowest BCUT2D eigenvalue weighted by atomic mass is 10.1. The van der Waals surface area contributed by atoms with Crippen LogP contribution in [0.4, 0.5) is 22.7 Å². The zero-order valence-electron chi connectivity index (χ0n) is 23.3. The van der Waals surface area contributed by atoms with E-state index in [1.807, 2.05) is 12.1 Å². The standard InChI is InChI=1S/C32H26I2N4O4/c1-35-25-9-5-7-19(13-25)29(39)38(4)28-16-22(12-24(34)18-28)32(42)36(2)26-10-6-8-20(14-26)30(40)37(3)27-15-21(31(35)41)11-23(33)17-27/h5-18H,1-4H3. The van der Waals surface area contributed by atoms with Gasteiger partial charge in [0.2, 0.25) is 0 Å². The summed E-state index contributed by atoms with van der Waals surface area (Å²) in [5, 5.41) is 0. The van der Waals surface area contributed by atoms with Crippen LogP contribution in [0.1, 0.15) is 41.4 Å². The summed E-state index contributed by atoms with van der Waals surface area (Å²) >= 11 is 4.24. The van der Waals surface area contributed by atoms with E-state index in [2.05, 4.69) is 45.2 Å². The Morgan fingerprint density at radius 1 is 0.405 bits per heavy atom. The second kappa shape index (κ2) is 11.8. The van der Waals surface area contributed by atoms with E-state index in [-0.39, 0.29) is 23.6 Å². The number of hydrogen-bond donors (Lipinski definition) is 0. The monoisotopic (exact) mass is 784 g/mol. The van der Waals surface area contributed by atoms with E-state index in [1.54, 1.807) is 101 Å². The molecule has 0 radical (unpaired) electrons. The van der Waals surface area contributed by atoms with Crippen molar-refractivity contribution >= 4 is 91.6 Å². The molecule has 4 amide bonds. The van der Waals surface area contributed by atoms with Gasteiger partial charge in [0.25, 0.3) is 23.6 Å². The lowest BCUT2D eigenvalue weighted by Crippen LogP contribution is -2.31. The van der Waals surface area contributed by atoms with E-state index in [0.717, 1.165) is 7.14 Å². The number of halogens is 2. The van der Waals surface area contributed by atoms with Crippen molar-refractivity contribution < 1.29 is 19.2 Å². The van der Waals surface area contributed by atoms with Gasteiger partial charge in [-0.3, -0.25) is 19.2 Å². The van der Waals surface area contributed by atoms with Gasteiger partial charge in [-0.2, -0.15) is 0 Å². The largest absolute Gasteiger partial charge is 0.311 e. The molecule has 0 spiro atoms. The minimum absolute atomic E-state index is 0.285. The fourth-order valence-electron chi connectivity index (χ4n) is 4.72. The zero-order chi connectivity index (χ0) is 30.3. The van der Waals surface area contributed by atoms with Crippen LogP contribution in [0.15, 0.2) is 84.9 Å². The van der Waals surface area contributed by atoms with Crippen molar-refractivity contribution in [2.75, 3.05) is 47.8 Å². The smallest absolute Gasteiger partial charge is 0.258 e. The molecule has 1 aliphatic rings. The predicted molar refractivity (Wildman–Crippen MR) is 182 cm³/mol. The maximum absolute atomic E-state index is 13.6. The van der Waals surface area contributed by atoms with Crippen molar-refractivity contribution in [3.8, 4) is 0 Å². The third kappa shape index (κ3) is 5.77. The summed E-state index contributed by atoms with van der Waals surface area (Å²) in [6.45, 7) is 0. The molecule has 42 heavy (non-hydrogen) atoms. The third-order valence-corrected chi connectivity index (χ3v) is 8.46.